The first-order chi connectivity index (χ1) is 9.50. The summed E-state index contributed by atoms with van der Waals surface area (Å²) in [6.07, 6.45) is 1.02. The van der Waals surface area contributed by atoms with Gasteiger partial charge in [-0.05, 0) is 31.9 Å². The predicted octanol–water partition coefficient (Wildman–Crippen LogP) is 2.01. The SMILES string of the molecule is CC(=O)OC(C)CCCN1C(=O)c2ccccc2C1=O. The number of nitrogens with zero attached hydrogens (tertiary/aromatic N) is 1. The lowest BCUT2D eigenvalue weighted by atomic mass is 10.1. The molecule has 106 valence electrons. The van der Waals surface area contributed by atoms with Crippen molar-refractivity contribution in [2.75, 3.05) is 6.54 Å². The number of benzene rings is 1. The summed E-state index contributed by atoms with van der Waals surface area (Å²) in [5, 5.41) is 0. The predicted molar refractivity (Wildman–Crippen MR) is 72.3 cm³/mol. The first kappa shape index (κ1) is 14.2. The number of hydrogen-bond acceptors (Lipinski definition) is 4. The first-order valence-electron chi connectivity index (χ1n) is 6.63. The molecule has 5 nitrogen and oxygen atoms in total. The van der Waals surface area contributed by atoms with Crippen LogP contribution in [0.15, 0.2) is 24.3 Å². The Labute approximate surface area is 117 Å². The molecular weight excluding hydrogens is 258 g/mol. The maximum absolute atomic E-state index is 12.1. The van der Waals surface area contributed by atoms with Crippen LogP contribution in [-0.4, -0.2) is 35.3 Å². The minimum absolute atomic E-state index is 0.206. The number of carbonyl (C=O) groups excluding carboxylic acids is 3. The molecule has 0 radical (unpaired) electrons. The highest BCUT2D eigenvalue weighted by Gasteiger charge is 2.34. The minimum Gasteiger partial charge on any atom is -0.463 e. The number of rotatable bonds is 5. The van der Waals surface area contributed by atoms with E-state index < -0.39 is 0 Å². The van der Waals surface area contributed by atoms with Crippen LogP contribution in [0, 0.1) is 0 Å². The second kappa shape index (κ2) is 5.86. The normalized spacial score (nSPS) is 15.2. The summed E-state index contributed by atoms with van der Waals surface area (Å²) >= 11 is 0. The Morgan fingerprint density at radius 2 is 1.75 bits per heavy atom. The van der Waals surface area contributed by atoms with Crippen molar-refractivity contribution in [3.8, 4) is 0 Å². The summed E-state index contributed by atoms with van der Waals surface area (Å²) in [5.74, 6) is -0.810. The van der Waals surface area contributed by atoms with Crippen LogP contribution in [0.2, 0.25) is 0 Å². The van der Waals surface area contributed by atoms with E-state index in [0.29, 0.717) is 30.5 Å². The number of fused-ring (bicyclic) bond motifs is 1. The molecule has 0 aliphatic carbocycles. The molecule has 1 heterocycles. The van der Waals surface area contributed by atoms with E-state index in [1.165, 1.54) is 11.8 Å². The van der Waals surface area contributed by atoms with Gasteiger partial charge in [0.25, 0.3) is 11.8 Å². The van der Waals surface area contributed by atoms with E-state index in [1.807, 2.05) is 0 Å². The molecule has 0 spiro atoms. The third kappa shape index (κ3) is 2.87. The Morgan fingerprint density at radius 1 is 1.20 bits per heavy atom. The Morgan fingerprint density at radius 3 is 2.25 bits per heavy atom. The van der Waals surface area contributed by atoms with Gasteiger partial charge in [0.05, 0.1) is 17.2 Å². The van der Waals surface area contributed by atoms with Crippen molar-refractivity contribution >= 4 is 17.8 Å². The number of esters is 1. The molecule has 1 atom stereocenters. The summed E-state index contributed by atoms with van der Waals surface area (Å²) in [7, 11) is 0. The third-order valence-electron chi connectivity index (χ3n) is 3.24. The van der Waals surface area contributed by atoms with Gasteiger partial charge >= 0.3 is 5.97 Å². The smallest absolute Gasteiger partial charge is 0.302 e. The van der Waals surface area contributed by atoms with Crippen LogP contribution >= 0.6 is 0 Å². The molecule has 0 fully saturated rings. The van der Waals surface area contributed by atoms with Gasteiger partial charge < -0.3 is 4.74 Å². The maximum Gasteiger partial charge on any atom is 0.302 e. The molecule has 2 rings (SSSR count). The Hall–Kier alpha value is -2.17. The van der Waals surface area contributed by atoms with E-state index >= 15 is 0 Å². The summed E-state index contributed by atoms with van der Waals surface area (Å²) in [5.41, 5.74) is 0.927. The van der Waals surface area contributed by atoms with Gasteiger partial charge in [-0.2, -0.15) is 0 Å². The monoisotopic (exact) mass is 275 g/mol. The Balaban J connectivity index is 1.91. The van der Waals surface area contributed by atoms with Crippen molar-refractivity contribution in [3.05, 3.63) is 35.4 Å². The molecule has 1 aromatic carbocycles. The minimum atomic E-state index is -0.321. The molecule has 0 bridgehead atoms. The molecule has 0 aromatic heterocycles. The quantitative estimate of drug-likeness (QED) is 0.609. The molecule has 0 saturated carbocycles. The van der Waals surface area contributed by atoms with Crippen LogP contribution in [0.25, 0.3) is 0 Å². The Kier molecular flexibility index (Phi) is 4.17. The number of ether oxygens (including phenoxy) is 1. The van der Waals surface area contributed by atoms with Crippen LogP contribution in [0.3, 0.4) is 0 Å². The van der Waals surface area contributed by atoms with Crippen molar-refractivity contribution in [2.24, 2.45) is 0 Å². The lowest BCUT2D eigenvalue weighted by Crippen LogP contribution is -2.31. The highest BCUT2D eigenvalue weighted by molar-refractivity contribution is 6.21. The second-order valence-corrected chi connectivity index (χ2v) is 4.87. The largest absolute Gasteiger partial charge is 0.463 e. The van der Waals surface area contributed by atoms with E-state index in [9.17, 15) is 14.4 Å². The zero-order chi connectivity index (χ0) is 14.7. The number of carbonyl (C=O) groups is 3. The van der Waals surface area contributed by atoms with Crippen molar-refractivity contribution in [1.29, 1.82) is 0 Å². The van der Waals surface area contributed by atoms with E-state index in [2.05, 4.69) is 0 Å². The standard InChI is InChI=1S/C15H17NO4/c1-10(20-11(2)17)6-5-9-16-14(18)12-7-3-4-8-13(12)15(16)19/h3-4,7-8,10H,5-6,9H2,1-2H3. The van der Waals surface area contributed by atoms with Gasteiger partial charge in [-0.3, -0.25) is 19.3 Å². The maximum atomic E-state index is 12.1. The highest BCUT2D eigenvalue weighted by atomic mass is 16.5. The molecule has 1 unspecified atom stereocenters. The molecule has 0 saturated heterocycles. The number of amides is 2. The van der Waals surface area contributed by atoms with Gasteiger partial charge in [-0.15, -0.1) is 0 Å². The average molecular weight is 275 g/mol. The van der Waals surface area contributed by atoms with Crippen LogP contribution in [0.4, 0.5) is 0 Å². The first-order valence-corrected chi connectivity index (χ1v) is 6.63. The number of imide groups is 1. The van der Waals surface area contributed by atoms with E-state index in [1.54, 1.807) is 31.2 Å². The van der Waals surface area contributed by atoms with Crippen molar-refractivity contribution in [1.82, 2.24) is 4.90 Å². The molecule has 1 aromatic rings. The second-order valence-electron chi connectivity index (χ2n) is 4.87. The fraction of sp³-hybridized carbons (Fsp3) is 0.400. The zero-order valence-electron chi connectivity index (χ0n) is 11.6. The van der Waals surface area contributed by atoms with Crippen LogP contribution in [-0.2, 0) is 9.53 Å². The van der Waals surface area contributed by atoms with Crippen molar-refractivity contribution in [3.63, 3.8) is 0 Å². The topological polar surface area (TPSA) is 63.7 Å². The van der Waals surface area contributed by atoms with Crippen LogP contribution in [0.5, 0.6) is 0 Å². The summed E-state index contributed by atoms with van der Waals surface area (Å²) < 4.78 is 5.00. The van der Waals surface area contributed by atoms with Crippen molar-refractivity contribution < 1.29 is 19.1 Å². The molecule has 20 heavy (non-hydrogen) atoms. The average Bonchev–Trinajstić information content (AvgIpc) is 2.63. The van der Waals surface area contributed by atoms with Gasteiger partial charge in [0.1, 0.15) is 0 Å². The fourth-order valence-electron chi connectivity index (χ4n) is 2.32. The number of hydrogen-bond donors (Lipinski definition) is 0. The van der Waals surface area contributed by atoms with Crippen molar-refractivity contribution in [2.45, 2.75) is 32.8 Å². The van der Waals surface area contributed by atoms with Gasteiger partial charge in [0.2, 0.25) is 0 Å². The lowest BCUT2D eigenvalue weighted by molar-refractivity contribution is -0.145. The van der Waals surface area contributed by atoms with Gasteiger partial charge in [-0.1, -0.05) is 12.1 Å². The van der Waals surface area contributed by atoms with Crippen LogP contribution in [0.1, 0.15) is 47.4 Å². The van der Waals surface area contributed by atoms with Gasteiger partial charge in [0, 0.05) is 13.5 Å². The lowest BCUT2D eigenvalue weighted by Gasteiger charge is -2.16. The Bertz CT molecular complexity index is 518. The molecule has 2 amide bonds. The molecule has 1 aliphatic rings. The van der Waals surface area contributed by atoms with Gasteiger partial charge in [0.15, 0.2) is 0 Å². The summed E-state index contributed by atoms with van der Waals surface area (Å²) in [6, 6.07) is 6.82. The molecule has 0 N–H and O–H groups in total. The molecular formula is C15H17NO4. The van der Waals surface area contributed by atoms with Gasteiger partial charge in [-0.25, -0.2) is 0 Å². The molecule has 1 aliphatic heterocycles. The summed E-state index contributed by atoms with van der Waals surface area (Å²) in [4.78, 5) is 36.2. The van der Waals surface area contributed by atoms with E-state index in [0.717, 1.165) is 0 Å². The third-order valence-corrected chi connectivity index (χ3v) is 3.24. The molecule has 5 heteroatoms. The fourth-order valence-corrected chi connectivity index (χ4v) is 2.32. The van der Waals surface area contributed by atoms with E-state index in [4.69, 9.17) is 4.74 Å². The summed E-state index contributed by atoms with van der Waals surface area (Å²) in [6.45, 7) is 3.50. The zero-order valence-corrected chi connectivity index (χ0v) is 11.6. The van der Waals surface area contributed by atoms with E-state index in [-0.39, 0.29) is 23.9 Å². The highest BCUT2D eigenvalue weighted by Crippen LogP contribution is 2.22. The van der Waals surface area contributed by atoms with Crippen LogP contribution < -0.4 is 0 Å².